The molecule has 0 bridgehead atoms. The van der Waals surface area contributed by atoms with Crippen molar-refractivity contribution >= 4 is 50.9 Å². The van der Waals surface area contributed by atoms with Crippen molar-refractivity contribution in [2.75, 3.05) is 13.7 Å². The maximum atomic E-state index is 14.0. The first-order chi connectivity index (χ1) is 28.8. The molecule has 7 rings (SSSR count). The molecule has 2 fully saturated rings. The highest BCUT2D eigenvalue weighted by molar-refractivity contribution is 6.34. The number of aliphatic hydroxyl groups excluding tert-OH is 4. The summed E-state index contributed by atoms with van der Waals surface area (Å²) in [5, 5.41) is 102. The zero-order valence-electron chi connectivity index (χ0n) is 32.5. The van der Waals surface area contributed by atoms with Crippen molar-refractivity contribution in [3.8, 4) is 34.5 Å². The lowest BCUT2D eigenvalue weighted by Crippen LogP contribution is -2.66. The number of ether oxygens (including phenoxy) is 5. The van der Waals surface area contributed by atoms with E-state index < -0.39 is 164 Å². The van der Waals surface area contributed by atoms with Gasteiger partial charge in [0.2, 0.25) is 12.2 Å². The molecule has 2 saturated heterocycles. The summed E-state index contributed by atoms with van der Waals surface area (Å²) < 4.78 is 28.5. The molecule has 0 saturated carbocycles. The van der Waals surface area contributed by atoms with Gasteiger partial charge in [0.15, 0.2) is 29.4 Å². The number of nitrogens with one attached hydrogen (secondary N) is 2. The van der Waals surface area contributed by atoms with Gasteiger partial charge in [-0.3, -0.25) is 24.0 Å². The Morgan fingerprint density at radius 2 is 1.49 bits per heavy atom. The highest BCUT2D eigenvalue weighted by Gasteiger charge is 2.50. The number of benzene rings is 4. The largest absolute Gasteiger partial charge is 0.507 e. The number of amides is 2. The summed E-state index contributed by atoms with van der Waals surface area (Å²) >= 11 is 0. The first-order valence-corrected chi connectivity index (χ1v) is 18.6. The third kappa shape index (κ3) is 7.14. The minimum absolute atomic E-state index is 0.00814. The maximum absolute atomic E-state index is 14.0. The Hall–Kier alpha value is -6.33. The number of rotatable bonds is 9. The maximum Gasteiger partial charge on any atom is 0.325 e. The molecule has 4 aromatic carbocycles. The average Bonchev–Trinajstić information content (AvgIpc) is 3.20. The Morgan fingerprint density at radius 3 is 2.15 bits per heavy atom. The van der Waals surface area contributed by atoms with Crippen LogP contribution in [0.3, 0.4) is 0 Å². The monoisotopic (exact) mass is 852 g/mol. The van der Waals surface area contributed by atoms with E-state index in [0.29, 0.717) is 0 Å². The molecule has 61 heavy (non-hydrogen) atoms. The quantitative estimate of drug-likeness (QED) is 0.0842. The van der Waals surface area contributed by atoms with E-state index in [1.54, 1.807) is 0 Å². The second-order valence-corrected chi connectivity index (χ2v) is 14.8. The first-order valence-electron chi connectivity index (χ1n) is 18.6. The topological polar surface area (TPSA) is 338 Å². The summed E-state index contributed by atoms with van der Waals surface area (Å²) in [5.41, 5.74) is -2.49. The average molecular weight is 853 g/mol. The molecule has 1 aliphatic carbocycles. The van der Waals surface area contributed by atoms with Crippen LogP contribution in [-0.4, -0.2) is 150 Å². The number of aliphatic hydroxyl groups is 4. The zero-order chi connectivity index (χ0) is 44.5. The van der Waals surface area contributed by atoms with Crippen molar-refractivity contribution in [3.05, 3.63) is 58.1 Å². The van der Waals surface area contributed by atoms with Gasteiger partial charge in [-0.1, -0.05) is 0 Å². The molecule has 2 aliphatic heterocycles. The Bertz CT molecular complexity index is 2520. The summed E-state index contributed by atoms with van der Waals surface area (Å²) in [5.74, 6) is -9.12. The highest BCUT2D eigenvalue weighted by atomic mass is 16.7. The number of hydrogen-bond acceptors (Lipinski definition) is 18. The fourth-order valence-corrected chi connectivity index (χ4v) is 7.72. The molecule has 11 N–H and O–H groups in total. The number of hydrogen-bond donors (Lipinski definition) is 11. The van der Waals surface area contributed by atoms with Crippen LogP contribution in [0.15, 0.2) is 30.3 Å². The molecule has 4 aromatic rings. The van der Waals surface area contributed by atoms with E-state index >= 15 is 0 Å². The Kier molecular flexibility index (Phi) is 11.2. The second-order valence-electron chi connectivity index (χ2n) is 14.8. The van der Waals surface area contributed by atoms with Gasteiger partial charge in [-0.05, 0) is 38.1 Å². The number of ketones is 2. The molecule has 0 radical (unpaired) electrons. The molecule has 324 valence electrons. The van der Waals surface area contributed by atoms with Crippen LogP contribution >= 0.6 is 0 Å². The van der Waals surface area contributed by atoms with Crippen LogP contribution in [0.4, 0.5) is 0 Å². The van der Waals surface area contributed by atoms with Crippen molar-refractivity contribution in [2.45, 2.75) is 82.1 Å². The molecule has 2 heterocycles. The van der Waals surface area contributed by atoms with Gasteiger partial charge in [0.05, 0.1) is 42.6 Å². The minimum Gasteiger partial charge on any atom is -0.507 e. The SMILES string of the molecule is COc1cc(O)c2c(c1)C(=O)c1c(cc3c(O)c(O[C@@H]4O[C@H](C)[C@H](NC(C)=O)[C@H](O[C@@H]5OC[C@@H](O)[C@H](O)[C@H]5O)[C@H]4O)c4ccc(C(=O)N[C@H](C)C(=O)O)c(O)c4c3c1O)C2=O. The molecular weight excluding hydrogens is 812 g/mol. The van der Waals surface area contributed by atoms with Crippen LogP contribution in [0, 0.1) is 0 Å². The molecule has 10 atom stereocenters. The molecule has 21 nitrogen and oxygen atoms in total. The molecular formula is C40H40N2O19. The lowest BCUT2D eigenvalue weighted by Gasteiger charge is -2.46. The summed E-state index contributed by atoms with van der Waals surface area (Å²) in [6, 6.07) is 2.73. The van der Waals surface area contributed by atoms with E-state index in [4.69, 9.17) is 23.7 Å². The van der Waals surface area contributed by atoms with Gasteiger partial charge in [0.25, 0.3) is 5.91 Å². The number of aromatic hydroxyl groups is 4. The number of phenolic OH excluding ortho intramolecular Hbond substituents is 4. The minimum atomic E-state index is -1.96. The van der Waals surface area contributed by atoms with Gasteiger partial charge in [0.1, 0.15) is 59.6 Å². The van der Waals surface area contributed by atoms with Crippen LogP contribution in [0.1, 0.15) is 63.0 Å². The smallest absolute Gasteiger partial charge is 0.325 e. The van der Waals surface area contributed by atoms with E-state index in [9.17, 15) is 69.9 Å². The van der Waals surface area contributed by atoms with Crippen molar-refractivity contribution < 1.29 is 93.6 Å². The van der Waals surface area contributed by atoms with E-state index in [2.05, 4.69) is 10.6 Å². The number of carboxylic acids is 1. The fraction of sp³-hybridized carbons (Fsp3) is 0.375. The fourth-order valence-electron chi connectivity index (χ4n) is 7.72. The van der Waals surface area contributed by atoms with E-state index in [1.807, 2.05) is 0 Å². The predicted molar refractivity (Wildman–Crippen MR) is 204 cm³/mol. The van der Waals surface area contributed by atoms with Crippen molar-refractivity contribution in [1.29, 1.82) is 0 Å². The van der Waals surface area contributed by atoms with Crippen LogP contribution in [0.5, 0.6) is 34.5 Å². The molecule has 3 aliphatic rings. The Morgan fingerprint density at radius 1 is 0.836 bits per heavy atom. The third-order valence-electron chi connectivity index (χ3n) is 10.8. The predicted octanol–water partition coefficient (Wildman–Crippen LogP) is -0.384. The highest BCUT2D eigenvalue weighted by Crippen LogP contribution is 2.53. The first kappa shape index (κ1) is 42.8. The standard InChI is InChI=1S/C40H40N2O19/c1-11(38(55)56)41-37(54)16-6-5-15-23(27(16)46)24-18(9-19-25(32(24)51)29(48)17-7-14(57-4)8-20(44)22(17)28(19)47)30(49)35(15)60-40-34(53)36(26(12(2)59-40)42-13(3)43)61-39-33(52)31(50)21(45)10-58-39/h5-9,11-12,21,26,31,33-34,36,39-40,44-46,49-53H,10H2,1-4H3,(H,41,54)(H,42,43)(H,55,56)/t11-,12-,21-,26+,31+,33-,34-,36+,39+,40+/m1/s1. The number of carboxylic acid groups (broad SMARTS) is 1. The number of methoxy groups -OCH3 is 1. The molecule has 0 spiro atoms. The van der Waals surface area contributed by atoms with Gasteiger partial charge in [0, 0.05) is 45.7 Å². The van der Waals surface area contributed by atoms with E-state index in [-0.39, 0.29) is 16.7 Å². The molecule has 2 amide bonds. The number of carbonyl (C=O) groups excluding carboxylic acids is 4. The van der Waals surface area contributed by atoms with Crippen molar-refractivity contribution in [2.24, 2.45) is 0 Å². The number of carbonyl (C=O) groups is 5. The summed E-state index contributed by atoms with van der Waals surface area (Å²) in [4.78, 5) is 65.2. The van der Waals surface area contributed by atoms with E-state index in [1.165, 1.54) is 14.0 Å². The van der Waals surface area contributed by atoms with Crippen LogP contribution < -0.4 is 20.1 Å². The van der Waals surface area contributed by atoms with Gasteiger partial charge < -0.3 is 80.3 Å². The van der Waals surface area contributed by atoms with Crippen molar-refractivity contribution in [1.82, 2.24) is 10.6 Å². The second kappa shape index (κ2) is 15.9. The van der Waals surface area contributed by atoms with Gasteiger partial charge in [-0.25, -0.2) is 0 Å². The Balaban J connectivity index is 1.42. The summed E-state index contributed by atoms with van der Waals surface area (Å²) in [6.07, 6.45) is -13.2. The van der Waals surface area contributed by atoms with Gasteiger partial charge in [-0.2, -0.15) is 0 Å². The normalized spacial score (nSPS) is 26.6. The Labute approximate surface area is 343 Å². The molecule has 0 unspecified atom stereocenters. The molecule has 0 aromatic heterocycles. The van der Waals surface area contributed by atoms with Crippen LogP contribution in [-0.2, 0) is 23.8 Å². The van der Waals surface area contributed by atoms with Gasteiger partial charge in [-0.15, -0.1) is 0 Å². The lowest BCUT2D eigenvalue weighted by atomic mass is 9.80. The zero-order valence-corrected chi connectivity index (χ0v) is 32.5. The third-order valence-corrected chi connectivity index (χ3v) is 10.8. The summed E-state index contributed by atoms with van der Waals surface area (Å²) in [6.45, 7) is 3.28. The number of aliphatic carboxylic acids is 1. The molecule has 21 heteroatoms. The van der Waals surface area contributed by atoms with Crippen molar-refractivity contribution in [3.63, 3.8) is 0 Å². The number of fused-ring (bicyclic) bond motifs is 5. The number of phenols is 4. The van der Waals surface area contributed by atoms with Gasteiger partial charge >= 0.3 is 5.97 Å². The van der Waals surface area contributed by atoms with E-state index in [0.717, 1.165) is 44.2 Å². The summed E-state index contributed by atoms with van der Waals surface area (Å²) in [7, 11) is 1.25. The van der Waals surface area contributed by atoms with Crippen LogP contribution in [0.2, 0.25) is 0 Å². The van der Waals surface area contributed by atoms with Crippen LogP contribution in [0.25, 0.3) is 21.5 Å². The lowest BCUT2D eigenvalue weighted by molar-refractivity contribution is -0.321.